The molecule has 17 heavy (non-hydrogen) atoms. The number of halogens is 1. The summed E-state index contributed by atoms with van der Waals surface area (Å²) in [4.78, 5) is 8.05. The first-order valence-electron chi connectivity index (χ1n) is 5.83. The molecule has 1 aromatic heterocycles. The van der Waals surface area contributed by atoms with Crippen LogP contribution in [0, 0.1) is 0 Å². The van der Waals surface area contributed by atoms with Crippen molar-refractivity contribution < 1.29 is 4.74 Å². The summed E-state index contributed by atoms with van der Waals surface area (Å²) < 4.78 is 4.94. The zero-order valence-electron chi connectivity index (χ0n) is 9.87. The quantitative estimate of drug-likeness (QED) is 0.727. The number of hydrogen-bond donors (Lipinski definition) is 2. The van der Waals surface area contributed by atoms with E-state index < -0.39 is 0 Å². The lowest BCUT2D eigenvalue weighted by Gasteiger charge is -2.08. The van der Waals surface area contributed by atoms with Crippen molar-refractivity contribution in [2.24, 2.45) is 0 Å². The Kier molecular flexibility index (Phi) is 4.39. The lowest BCUT2D eigenvalue weighted by atomic mass is 10.4. The molecule has 94 valence electrons. The Bertz CT molecular complexity index is 370. The normalized spacial score (nSPS) is 14.7. The predicted octanol–water partition coefficient (Wildman–Crippen LogP) is 1.69. The molecule has 0 atom stereocenters. The van der Waals surface area contributed by atoms with Gasteiger partial charge >= 0.3 is 6.01 Å². The van der Waals surface area contributed by atoms with E-state index in [0.29, 0.717) is 16.9 Å². The van der Waals surface area contributed by atoms with Crippen LogP contribution in [-0.4, -0.2) is 36.2 Å². The molecule has 2 N–H and O–H groups in total. The fourth-order valence-corrected chi connectivity index (χ4v) is 1.62. The monoisotopic (exact) mass is 256 g/mol. The molecule has 0 aromatic carbocycles. The van der Waals surface area contributed by atoms with Crippen LogP contribution in [0.15, 0.2) is 6.20 Å². The molecule has 5 nitrogen and oxygen atoms in total. The van der Waals surface area contributed by atoms with Crippen LogP contribution in [0.4, 0.5) is 5.82 Å². The van der Waals surface area contributed by atoms with E-state index in [1.165, 1.54) is 26.1 Å². The molecule has 2 rings (SSSR count). The third kappa shape index (κ3) is 4.02. The van der Waals surface area contributed by atoms with Crippen LogP contribution < -0.4 is 15.4 Å². The van der Waals surface area contributed by atoms with Gasteiger partial charge in [0, 0.05) is 12.6 Å². The minimum absolute atomic E-state index is 0.327. The highest BCUT2D eigenvalue weighted by atomic mass is 35.5. The van der Waals surface area contributed by atoms with Crippen LogP contribution >= 0.6 is 11.6 Å². The molecule has 1 aliphatic carbocycles. The molecule has 0 bridgehead atoms. The molecule has 1 fully saturated rings. The van der Waals surface area contributed by atoms with E-state index in [1.807, 2.05) is 0 Å². The molecular weight excluding hydrogens is 240 g/mol. The number of methoxy groups -OCH3 is 1. The maximum atomic E-state index is 5.97. The van der Waals surface area contributed by atoms with Gasteiger partial charge in [0.05, 0.1) is 13.3 Å². The third-order valence-corrected chi connectivity index (χ3v) is 2.84. The zero-order valence-corrected chi connectivity index (χ0v) is 10.6. The molecule has 0 aliphatic heterocycles. The van der Waals surface area contributed by atoms with Crippen LogP contribution in [0.1, 0.15) is 19.3 Å². The van der Waals surface area contributed by atoms with Gasteiger partial charge in [-0.05, 0) is 25.8 Å². The summed E-state index contributed by atoms with van der Waals surface area (Å²) in [6, 6.07) is 1.09. The van der Waals surface area contributed by atoms with Crippen molar-refractivity contribution in [3.8, 4) is 6.01 Å². The maximum Gasteiger partial charge on any atom is 0.318 e. The van der Waals surface area contributed by atoms with Crippen LogP contribution in [0.3, 0.4) is 0 Å². The molecule has 1 aliphatic rings. The summed E-state index contributed by atoms with van der Waals surface area (Å²) in [6.07, 6.45) is 5.22. The Morgan fingerprint density at radius 2 is 2.29 bits per heavy atom. The van der Waals surface area contributed by atoms with Gasteiger partial charge in [0.15, 0.2) is 5.82 Å². The average molecular weight is 257 g/mol. The molecule has 1 heterocycles. The highest BCUT2D eigenvalue weighted by Crippen LogP contribution is 2.20. The van der Waals surface area contributed by atoms with Crippen molar-refractivity contribution >= 4 is 17.4 Å². The number of rotatable bonds is 7. The van der Waals surface area contributed by atoms with Crippen LogP contribution in [0.25, 0.3) is 0 Å². The topological polar surface area (TPSA) is 59.1 Å². The third-order valence-electron chi connectivity index (χ3n) is 2.56. The number of nitrogens with one attached hydrogen (secondary N) is 2. The Morgan fingerprint density at radius 3 is 3.00 bits per heavy atom. The number of ether oxygens (including phenoxy) is 1. The number of anilines is 1. The molecular formula is C11H17ClN4O. The highest BCUT2D eigenvalue weighted by molar-refractivity contribution is 6.32. The Labute approximate surface area is 106 Å². The second-order valence-electron chi connectivity index (χ2n) is 4.06. The van der Waals surface area contributed by atoms with Crippen LogP contribution in [0.2, 0.25) is 5.02 Å². The van der Waals surface area contributed by atoms with Crippen molar-refractivity contribution in [3.05, 3.63) is 11.2 Å². The Morgan fingerprint density at radius 1 is 1.47 bits per heavy atom. The van der Waals surface area contributed by atoms with Gasteiger partial charge < -0.3 is 15.4 Å². The van der Waals surface area contributed by atoms with Crippen molar-refractivity contribution in [1.29, 1.82) is 0 Å². The van der Waals surface area contributed by atoms with E-state index in [9.17, 15) is 0 Å². The zero-order chi connectivity index (χ0) is 12.1. The van der Waals surface area contributed by atoms with Crippen molar-refractivity contribution in [2.45, 2.75) is 25.3 Å². The molecule has 0 amide bonds. The number of nitrogens with zero attached hydrogens (tertiary/aromatic N) is 2. The molecule has 0 radical (unpaired) electrons. The second kappa shape index (κ2) is 6.02. The molecule has 0 spiro atoms. The van der Waals surface area contributed by atoms with Gasteiger partial charge in [-0.25, -0.2) is 4.98 Å². The molecule has 0 unspecified atom stereocenters. The first-order valence-corrected chi connectivity index (χ1v) is 6.21. The minimum atomic E-state index is 0.327. The van der Waals surface area contributed by atoms with E-state index in [2.05, 4.69) is 20.6 Å². The summed E-state index contributed by atoms with van der Waals surface area (Å²) in [5, 5.41) is 7.14. The second-order valence-corrected chi connectivity index (χ2v) is 4.47. The number of aromatic nitrogens is 2. The minimum Gasteiger partial charge on any atom is -0.467 e. The highest BCUT2D eigenvalue weighted by Gasteiger charge is 2.19. The summed E-state index contributed by atoms with van der Waals surface area (Å²) >= 11 is 5.97. The van der Waals surface area contributed by atoms with Gasteiger partial charge in [-0.1, -0.05) is 11.6 Å². The van der Waals surface area contributed by atoms with Gasteiger partial charge in [0.25, 0.3) is 0 Å². The van der Waals surface area contributed by atoms with Gasteiger partial charge in [0.1, 0.15) is 5.02 Å². The Balaban J connectivity index is 1.72. The summed E-state index contributed by atoms with van der Waals surface area (Å²) in [5.41, 5.74) is 0. The smallest absolute Gasteiger partial charge is 0.318 e. The van der Waals surface area contributed by atoms with Crippen molar-refractivity contribution in [2.75, 3.05) is 25.5 Å². The van der Waals surface area contributed by atoms with Gasteiger partial charge in [-0.15, -0.1) is 0 Å². The van der Waals surface area contributed by atoms with Crippen molar-refractivity contribution in [3.63, 3.8) is 0 Å². The standard InChI is InChI=1S/C11H17ClN4O/c1-17-11-15-7-9(12)10(16-11)14-6-2-5-13-8-3-4-8/h7-8,13H,2-6H2,1H3,(H,14,15,16). The summed E-state index contributed by atoms with van der Waals surface area (Å²) in [5.74, 6) is 0.630. The summed E-state index contributed by atoms with van der Waals surface area (Å²) in [7, 11) is 1.53. The average Bonchev–Trinajstić information content (AvgIpc) is 3.15. The van der Waals surface area contributed by atoms with Gasteiger partial charge in [-0.3, -0.25) is 0 Å². The van der Waals surface area contributed by atoms with Gasteiger partial charge in [-0.2, -0.15) is 4.98 Å². The molecule has 6 heteroatoms. The van der Waals surface area contributed by atoms with Crippen molar-refractivity contribution in [1.82, 2.24) is 15.3 Å². The SMILES string of the molecule is COc1ncc(Cl)c(NCCCNC2CC2)n1. The predicted molar refractivity (Wildman–Crippen MR) is 67.7 cm³/mol. The fourth-order valence-electron chi connectivity index (χ4n) is 1.46. The first kappa shape index (κ1) is 12.4. The Hall–Kier alpha value is -1.07. The molecule has 1 aromatic rings. The summed E-state index contributed by atoms with van der Waals surface area (Å²) in [6.45, 7) is 1.86. The maximum absolute atomic E-state index is 5.97. The number of hydrogen-bond acceptors (Lipinski definition) is 5. The van der Waals surface area contributed by atoms with Crippen LogP contribution in [-0.2, 0) is 0 Å². The molecule has 0 saturated heterocycles. The first-order chi connectivity index (χ1) is 8.29. The lowest BCUT2D eigenvalue weighted by molar-refractivity contribution is 0.380. The largest absolute Gasteiger partial charge is 0.467 e. The van der Waals surface area contributed by atoms with E-state index >= 15 is 0 Å². The molecule has 1 saturated carbocycles. The van der Waals surface area contributed by atoms with E-state index in [1.54, 1.807) is 0 Å². The van der Waals surface area contributed by atoms with E-state index in [-0.39, 0.29) is 0 Å². The van der Waals surface area contributed by atoms with Gasteiger partial charge in [0.2, 0.25) is 0 Å². The fraction of sp³-hybridized carbons (Fsp3) is 0.636. The van der Waals surface area contributed by atoms with E-state index in [4.69, 9.17) is 16.3 Å². The van der Waals surface area contributed by atoms with E-state index in [0.717, 1.165) is 25.6 Å². The lowest BCUT2D eigenvalue weighted by Crippen LogP contribution is -2.20. The van der Waals surface area contributed by atoms with Crippen LogP contribution in [0.5, 0.6) is 6.01 Å².